The standard InChI is InChI=1S/C7H10OSi.H2O/c9-8-6-7-4-2-1-3-5-7;/h1-5H,6H2,9H3;1H2. The third-order valence-electron chi connectivity index (χ3n) is 1.15. The highest BCUT2D eigenvalue weighted by atomic mass is 28.2. The maximum atomic E-state index is 5.07. The molecule has 56 valence electrons. The van der Waals surface area contributed by atoms with Crippen LogP contribution >= 0.6 is 0 Å². The van der Waals surface area contributed by atoms with Crippen LogP contribution in [0.25, 0.3) is 0 Å². The predicted octanol–water partition coefficient (Wildman–Crippen LogP) is -0.341. The van der Waals surface area contributed by atoms with Gasteiger partial charge in [-0.25, -0.2) is 0 Å². The van der Waals surface area contributed by atoms with E-state index in [2.05, 4.69) is 12.1 Å². The van der Waals surface area contributed by atoms with Gasteiger partial charge >= 0.3 is 0 Å². The van der Waals surface area contributed by atoms with Gasteiger partial charge < -0.3 is 9.90 Å². The van der Waals surface area contributed by atoms with Crippen LogP contribution in [0.3, 0.4) is 0 Å². The molecule has 3 heteroatoms. The van der Waals surface area contributed by atoms with Crippen molar-refractivity contribution in [1.82, 2.24) is 0 Å². The van der Waals surface area contributed by atoms with Crippen LogP contribution in [-0.4, -0.2) is 16.0 Å². The van der Waals surface area contributed by atoms with Gasteiger partial charge in [0, 0.05) is 0 Å². The third kappa shape index (κ3) is 2.77. The lowest BCUT2D eigenvalue weighted by Gasteiger charge is -1.95. The van der Waals surface area contributed by atoms with Crippen molar-refractivity contribution < 1.29 is 9.90 Å². The average molecular weight is 156 g/mol. The van der Waals surface area contributed by atoms with Crippen molar-refractivity contribution in [3.63, 3.8) is 0 Å². The van der Waals surface area contributed by atoms with E-state index >= 15 is 0 Å². The monoisotopic (exact) mass is 156 g/mol. The Morgan fingerprint density at radius 2 is 1.80 bits per heavy atom. The van der Waals surface area contributed by atoms with E-state index in [0.29, 0.717) is 0 Å². The molecule has 0 atom stereocenters. The first-order valence-electron chi connectivity index (χ1n) is 2.96. The Morgan fingerprint density at radius 3 is 2.30 bits per heavy atom. The average Bonchev–Trinajstić information content (AvgIpc) is 1.91. The molecule has 1 rings (SSSR count). The molecule has 0 amide bonds. The third-order valence-corrected chi connectivity index (χ3v) is 1.44. The molecule has 0 fully saturated rings. The highest BCUT2D eigenvalue weighted by Gasteiger charge is 1.84. The fourth-order valence-electron chi connectivity index (χ4n) is 0.741. The van der Waals surface area contributed by atoms with Crippen LogP contribution in [0.4, 0.5) is 0 Å². The van der Waals surface area contributed by atoms with E-state index in [1.54, 1.807) is 0 Å². The SMILES string of the molecule is O.[SiH3]OCc1ccccc1. The quantitative estimate of drug-likeness (QED) is 0.540. The Morgan fingerprint density at radius 1 is 1.20 bits per heavy atom. The molecule has 2 N–H and O–H groups in total. The van der Waals surface area contributed by atoms with E-state index in [9.17, 15) is 0 Å². The van der Waals surface area contributed by atoms with Crippen LogP contribution in [-0.2, 0) is 11.0 Å². The minimum absolute atomic E-state index is 0. The number of hydrogen-bond acceptors (Lipinski definition) is 1. The summed E-state index contributed by atoms with van der Waals surface area (Å²) in [5.41, 5.74) is 1.26. The van der Waals surface area contributed by atoms with Crippen LogP contribution in [0.5, 0.6) is 0 Å². The minimum atomic E-state index is 0. The van der Waals surface area contributed by atoms with Crippen LogP contribution in [0.15, 0.2) is 30.3 Å². The Bertz CT molecular complexity index is 165. The second kappa shape index (κ2) is 5.17. The second-order valence-electron chi connectivity index (χ2n) is 1.92. The molecule has 1 aromatic carbocycles. The summed E-state index contributed by atoms with van der Waals surface area (Å²) in [4.78, 5) is 0. The molecule has 0 aromatic heterocycles. The van der Waals surface area contributed by atoms with E-state index in [0.717, 1.165) is 17.1 Å². The van der Waals surface area contributed by atoms with Crippen molar-refractivity contribution in [2.75, 3.05) is 0 Å². The molecule has 10 heavy (non-hydrogen) atoms. The Balaban J connectivity index is 0.000000810. The lowest BCUT2D eigenvalue weighted by Crippen LogP contribution is -1.85. The molecular weight excluding hydrogens is 144 g/mol. The lowest BCUT2D eigenvalue weighted by molar-refractivity contribution is 0.338. The maximum absolute atomic E-state index is 5.07. The van der Waals surface area contributed by atoms with E-state index in [1.807, 2.05) is 18.2 Å². The minimum Gasteiger partial charge on any atom is -0.424 e. The maximum Gasteiger partial charge on any atom is 0.146 e. The molecular formula is C7H12O2Si. The van der Waals surface area contributed by atoms with Crippen LogP contribution in [0.2, 0.25) is 0 Å². The van der Waals surface area contributed by atoms with Gasteiger partial charge in [-0.3, -0.25) is 0 Å². The molecule has 0 saturated carbocycles. The summed E-state index contributed by atoms with van der Waals surface area (Å²) in [5.74, 6) is 0. The zero-order valence-electron chi connectivity index (χ0n) is 6.00. The van der Waals surface area contributed by atoms with Crippen molar-refractivity contribution in [2.24, 2.45) is 0 Å². The first-order valence-corrected chi connectivity index (χ1v) is 3.78. The number of rotatable bonds is 2. The van der Waals surface area contributed by atoms with Crippen molar-refractivity contribution in [3.05, 3.63) is 35.9 Å². The van der Waals surface area contributed by atoms with Gasteiger partial charge in [-0.15, -0.1) is 0 Å². The zero-order valence-corrected chi connectivity index (χ0v) is 8.00. The van der Waals surface area contributed by atoms with Crippen molar-refractivity contribution in [1.29, 1.82) is 0 Å². The van der Waals surface area contributed by atoms with Gasteiger partial charge in [0.25, 0.3) is 0 Å². The van der Waals surface area contributed by atoms with Gasteiger partial charge in [-0.05, 0) is 5.56 Å². The van der Waals surface area contributed by atoms with Gasteiger partial charge in [0.15, 0.2) is 0 Å². The Kier molecular flexibility index (Phi) is 4.83. The summed E-state index contributed by atoms with van der Waals surface area (Å²) < 4.78 is 5.07. The summed E-state index contributed by atoms with van der Waals surface area (Å²) in [6.07, 6.45) is 0. The van der Waals surface area contributed by atoms with Gasteiger partial charge in [0.1, 0.15) is 10.5 Å². The molecule has 1 aromatic rings. The van der Waals surface area contributed by atoms with Gasteiger partial charge in [-0.1, -0.05) is 30.3 Å². The highest BCUT2D eigenvalue weighted by Crippen LogP contribution is 1.97. The molecule has 0 aliphatic heterocycles. The van der Waals surface area contributed by atoms with E-state index in [4.69, 9.17) is 4.43 Å². The van der Waals surface area contributed by atoms with Crippen molar-refractivity contribution in [3.8, 4) is 0 Å². The molecule has 0 heterocycles. The van der Waals surface area contributed by atoms with Crippen molar-refractivity contribution in [2.45, 2.75) is 6.61 Å². The summed E-state index contributed by atoms with van der Waals surface area (Å²) in [6.45, 7) is 0.771. The smallest absolute Gasteiger partial charge is 0.146 e. The fraction of sp³-hybridized carbons (Fsp3) is 0.143. The second-order valence-corrected chi connectivity index (χ2v) is 2.50. The van der Waals surface area contributed by atoms with Crippen molar-refractivity contribution >= 4 is 10.5 Å². The summed E-state index contributed by atoms with van der Waals surface area (Å²) in [5, 5.41) is 0. The van der Waals surface area contributed by atoms with E-state index in [-0.39, 0.29) is 5.48 Å². The fourth-order valence-corrected chi connectivity index (χ4v) is 1.07. The summed E-state index contributed by atoms with van der Waals surface area (Å²) in [6, 6.07) is 10.2. The molecule has 0 saturated heterocycles. The number of benzene rings is 1. The molecule has 2 nitrogen and oxygen atoms in total. The predicted molar refractivity (Wildman–Crippen MR) is 44.8 cm³/mol. The highest BCUT2D eigenvalue weighted by molar-refractivity contribution is 5.97. The summed E-state index contributed by atoms with van der Waals surface area (Å²) in [7, 11) is 0.824. The molecule has 0 aliphatic rings. The Labute approximate surface area is 63.7 Å². The van der Waals surface area contributed by atoms with Crippen LogP contribution in [0.1, 0.15) is 5.56 Å². The molecule has 0 radical (unpaired) electrons. The van der Waals surface area contributed by atoms with E-state index < -0.39 is 0 Å². The van der Waals surface area contributed by atoms with Gasteiger partial charge in [-0.2, -0.15) is 0 Å². The van der Waals surface area contributed by atoms with E-state index in [1.165, 1.54) is 5.56 Å². The lowest BCUT2D eigenvalue weighted by atomic mass is 10.2. The largest absolute Gasteiger partial charge is 0.424 e. The van der Waals surface area contributed by atoms with Gasteiger partial charge in [0.2, 0.25) is 0 Å². The zero-order chi connectivity index (χ0) is 6.53. The molecule has 0 aliphatic carbocycles. The topological polar surface area (TPSA) is 40.7 Å². The van der Waals surface area contributed by atoms with Crippen LogP contribution < -0.4 is 0 Å². The molecule has 0 spiro atoms. The summed E-state index contributed by atoms with van der Waals surface area (Å²) >= 11 is 0. The normalized spacial score (nSPS) is 8.80. The molecule has 0 unspecified atom stereocenters. The number of hydrogen-bond donors (Lipinski definition) is 0. The Hall–Kier alpha value is -0.643. The molecule has 0 bridgehead atoms. The first-order chi connectivity index (χ1) is 4.43. The van der Waals surface area contributed by atoms with Crippen LogP contribution in [0, 0.1) is 0 Å². The first kappa shape index (κ1) is 9.36. The van der Waals surface area contributed by atoms with Gasteiger partial charge in [0.05, 0.1) is 6.61 Å².